The van der Waals surface area contributed by atoms with Crippen molar-refractivity contribution < 1.29 is 17.9 Å². The molecule has 1 saturated heterocycles. The number of rotatable bonds is 7. The van der Waals surface area contributed by atoms with Gasteiger partial charge in [-0.15, -0.1) is 0 Å². The molecule has 1 amide bonds. The number of amides is 1. The van der Waals surface area contributed by atoms with Crippen LogP contribution in [0.2, 0.25) is 0 Å². The molecule has 1 fully saturated rings. The van der Waals surface area contributed by atoms with Crippen molar-refractivity contribution in [2.45, 2.75) is 50.1 Å². The van der Waals surface area contributed by atoms with Crippen molar-refractivity contribution in [3.8, 4) is 5.75 Å². The largest absolute Gasteiger partial charge is 0.497 e. The maximum Gasteiger partial charge on any atom is 0.240 e. The summed E-state index contributed by atoms with van der Waals surface area (Å²) in [6.07, 6.45) is 2.88. The van der Waals surface area contributed by atoms with Gasteiger partial charge in [0.2, 0.25) is 15.9 Å². The number of fused-ring (bicyclic) bond motifs is 1. The highest BCUT2D eigenvalue weighted by Gasteiger charge is 2.31. The van der Waals surface area contributed by atoms with Gasteiger partial charge in [0.15, 0.2) is 0 Å². The van der Waals surface area contributed by atoms with Gasteiger partial charge in [0.1, 0.15) is 5.75 Å². The number of ether oxygens (including phenoxy) is 1. The van der Waals surface area contributed by atoms with Crippen LogP contribution in [0.15, 0.2) is 47.4 Å². The van der Waals surface area contributed by atoms with Crippen LogP contribution in [0.5, 0.6) is 5.75 Å². The van der Waals surface area contributed by atoms with E-state index in [9.17, 15) is 13.2 Å². The molecule has 2 aliphatic rings. The highest BCUT2D eigenvalue weighted by molar-refractivity contribution is 7.89. The summed E-state index contributed by atoms with van der Waals surface area (Å²) in [5.74, 6) is 0.731. The normalized spacial score (nSPS) is 19.7. The zero-order valence-corrected chi connectivity index (χ0v) is 19.7. The average Bonchev–Trinajstić information content (AvgIpc) is 3.40. The van der Waals surface area contributed by atoms with Gasteiger partial charge in [0.05, 0.1) is 12.0 Å². The van der Waals surface area contributed by atoms with Crippen LogP contribution in [0.3, 0.4) is 0 Å². The van der Waals surface area contributed by atoms with E-state index in [1.165, 1.54) is 6.92 Å². The van der Waals surface area contributed by atoms with E-state index in [1.807, 2.05) is 31.2 Å². The molecule has 2 aliphatic heterocycles. The summed E-state index contributed by atoms with van der Waals surface area (Å²) < 4.78 is 34.5. The molecule has 32 heavy (non-hydrogen) atoms. The number of carbonyl (C=O) groups is 1. The van der Waals surface area contributed by atoms with Gasteiger partial charge in [0.25, 0.3) is 0 Å². The predicted molar refractivity (Wildman–Crippen MR) is 124 cm³/mol. The molecule has 8 heteroatoms. The monoisotopic (exact) mass is 457 g/mol. The van der Waals surface area contributed by atoms with Crippen molar-refractivity contribution in [1.29, 1.82) is 0 Å². The number of nitrogens with one attached hydrogen (secondary N) is 1. The molecule has 2 heterocycles. The van der Waals surface area contributed by atoms with Crippen LogP contribution in [-0.4, -0.2) is 52.0 Å². The Hall–Kier alpha value is -2.42. The van der Waals surface area contributed by atoms with E-state index in [4.69, 9.17) is 4.74 Å². The van der Waals surface area contributed by atoms with Gasteiger partial charge in [-0.25, -0.2) is 13.1 Å². The lowest BCUT2D eigenvalue weighted by Crippen LogP contribution is -2.36. The number of likely N-dealkylation sites (tertiary alicyclic amines) is 1. The molecule has 172 valence electrons. The molecule has 1 N–H and O–H groups in total. The van der Waals surface area contributed by atoms with E-state index in [-0.39, 0.29) is 29.4 Å². The van der Waals surface area contributed by atoms with Crippen LogP contribution in [0, 0.1) is 0 Å². The van der Waals surface area contributed by atoms with Gasteiger partial charge >= 0.3 is 0 Å². The van der Waals surface area contributed by atoms with Gasteiger partial charge in [0, 0.05) is 31.2 Å². The van der Waals surface area contributed by atoms with Crippen LogP contribution in [0.25, 0.3) is 0 Å². The molecule has 4 rings (SSSR count). The van der Waals surface area contributed by atoms with Crippen LogP contribution in [0.1, 0.15) is 43.9 Å². The average molecular weight is 458 g/mol. The molecule has 2 aromatic carbocycles. The minimum absolute atomic E-state index is 0.0287. The highest BCUT2D eigenvalue weighted by atomic mass is 32.2. The van der Waals surface area contributed by atoms with E-state index in [1.54, 1.807) is 30.2 Å². The summed E-state index contributed by atoms with van der Waals surface area (Å²) in [5, 5.41) is 0. The number of hydrogen-bond donors (Lipinski definition) is 1. The van der Waals surface area contributed by atoms with E-state index >= 15 is 0 Å². The summed E-state index contributed by atoms with van der Waals surface area (Å²) in [6, 6.07) is 12.8. The zero-order chi connectivity index (χ0) is 22.9. The van der Waals surface area contributed by atoms with Gasteiger partial charge < -0.3 is 9.64 Å². The first kappa shape index (κ1) is 22.8. The maximum atomic E-state index is 13.2. The molecule has 2 atom stereocenters. The summed E-state index contributed by atoms with van der Waals surface area (Å²) in [7, 11) is -2.06. The van der Waals surface area contributed by atoms with Gasteiger partial charge in [-0.3, -0.25) is 9.69 Å². The fourth-order valence-corrected chi connectivity index (χ4v) is 5.97. The Morgan fingerprint density at radius 2 is 1.94 bits per heavy atom. The van der Waals surface area contributed by atoms with E-state index in [0.717, 1.165) is 48.5 Å². The van der Waals surface area contributed by atoms with E-state index in [2.05, 4.69) is 9.62 Å². The third-order valence-corrected chi connectivity index (χ3v) is 7.86. The second-order valence-electron chi connectivity index (χ2n) is 8.62. The number of benzene rings is 2. The SMILES string of the molecule is COc1cccc([C@@H](CNS(=O)(=O)c2ccc3c(c2)C[C@H](C)N3C(C)=O)N2CCCC2)c1. The summed E-state index contributed by atoms with van der Waals surface area (Å²) >= 11 is 0. The molecule has 0 radical (unpaired) electrons. The molecular weight excluding hydrogens is 426 g/mol. The number of methoxy groups -OCH3 is 1. The molecule has 2 aromatic rings. The Morgan fingerprint density at radius 1 is 1.19 bits per heavy atom. The quantitative estimate of drug-likeness (QED) is 0.691. The lowest BCUT2D eigenvalue weighted by atomic mass is 10.1. The first-order valence-electron chi connectivity index (χ1n) is 11.1. The predicted octanol–water partition coefficient (Wildman–Crippen LogP) is 3.11. The molecule has 0 bridgehead atoms. The first-order chi connectivity index (χ1) is 15.3. The number of nitrogens with zero attached hydrogens (tertiary/aromatic N) is 2. The highest BCUT2D eigenvalue weighted by Crippen LogP contribution is 2.34. The Bertz CT molecular complexity index is 1100. The van der Waals surface area contributed by atoms with E-state index < -0.39 is 10.0 Å². The van der Waals surface area contributed by atoms with Crippen molar-refractivity contribution >= 4 is 21.6 Å². The molecule has 0 saturated carbocycles. The van der Waals surface area contributed by atoms with Crippen LogP contribution in [0.4, 0.5) is 5.69 Å². The molecule has 0 spiro atoms. The number of anilines is 1. The minimum Gasteiger partial charge on any atom is -0.497 e. The zero-order valence-electron chi connectivity index (χ0n) is 18.9. The second kappa shape index (κ2) is 9.21. The van der Waals surface area contributed by atoms with Crippen molar-refractivity contribution in [3.63, 3.8) is 0 Å². The maximum absolute atomic E-state index is 13.2. The first-order valence-corrected chi connectivity index (χ1v) is 12.6. The smallest absolute Gasteiger partial charge is 0.240 e. The van der Waals surface area contributed by atoms with Crippen molar-refractivity contribution in [2.24, 2.45) is 0 Å². The molecule has 7 nitrogen and oxygen atoms in total. The second-order valence-corrected chi connectivity index (χ2v) is 10.4. The third kappa shape index (κ3) is 4.53. The fraction of sp³-hybridized carbons (Fsp3) is 0.458. The Kier molecular flexibility index (Phi) is 6.55. The minimum atomic E-state index is -3.70. The van der Waals surface area contributed by atoms with Gasteiger partial charge in [-0.1, -0.05) is 12.1 Å². The van der Waals surface area contributed by atoms with Gasteiger partial charge in [-0.2, -0.15) is 0 Å². The third-order valence-electron chi connectivity index (χ3n) is 6.44. The standard InChI is InChI=1S/C24H31N3O4S/c1-17-13-20-15-22(9-10-23(20)27(17)18(2)28)32(29,30)25-16-24(26-11-4-5-12-26)19-7-6-8-21(14-19)31-3/h6-10,14-15,17,24-25H,4-5,11-13,16H2,1-3H3/t17-,24+/m0/s1. The van der Waals surface area contributed by atoms with Crippen molar-refractivity contribution in [1.82, 2.24) is 9.62 Å². The van der Waals surface area contributed by atoms with Crippen LogP contribution in [-0.2, 0) is 21.2 Å². The fourth-order valence-electron chi connectivity index (χ4n) is 4.89. The van der Waals surface area contributed by atoms with Crippen molar-refractivity contribution in [2.75, 3.05) is 31.6 Å². The van der Waals surface area contributed by atoms with Crippen LogP contribution < -0.4 is 14.4 Å². The topological polar surface area (TPSA) is 79.0 Å². The van der Waals surface area contributed by atoms with E-state index in [0.29, 0.717) is 6.42 Å². The summed E-state index contributed by atoms with van der Waals surface area (Å²) in [5.41, 5.74) is 2.73. The molecule has 0 unspecified atom stereocenters. The number of hydrogen-bond acceptors (Lipinski definition) is 5. The molecular formula is C24H31N3O4S. The Balaban J connectivity index is 1.55. The summed E-state index contributed by atoms with van der Waals surface area (Å²) in [4.78, 5) is 16.3. The van der Waals surface area contributed by atoms with Crippen LogP contribution >= 0.6 is 0 Å². The number of carbonyl (C=O) groups excluding carboxylic acids is 1. The molecule has 0 aliphatic carbocycles. The Morgan fingerprint density at radius 3 is 2.62 bits per heavy atom. The number of sulfonamides is 1. The van der Waals surface area contributed by atoms with Gasteiger partial charge in [-0.05, 0) is 80.7 Å². The lowest BCUT2D eigenvalue weighted by molar-refractivity contribution is -0.116. The van der Waals surface area contributed by atoms with Crippen molar-refractivity contribution in [3.05, 3.63) is 53.6 Å². The molecule has 0 aromatic heterocycles. The lowest BCUT2D eigenvalue weighted by Gasteiger charge is -2.28. The summed E-state index contributed by atoms with van der Waals surface area (Å²) in [6.45, 7) is 5.68. The Labute approximate surface area is 190 Å².